The first kappa shape index (κ1) is 15.7. The maximum absolute atomic E-state index is 3.56. The Morgan fingerprint density at radius 2 is 1.96 bits per heavy atom. The van der Waals surface area contributed by atoms with E-state index in [9.17, 15) is 0 Å². The van der Waals surface area contributed by atoms with Gasteiger partial charge in [-0.05, 0) is 35.7 Å². The molecule has 2 aromatic rings. The van der Waals surface area contributed by atoms with Crippen molar-refractivity contribution in [2.45, 2.75) is 18.9 Å². The Morgan fingerprint density at radius 1 is 1.12 bits per heavy atom. The number of benzene rings is 2. The van der Waals surface area contributed by atoms with Crippen LogP contribution in [0.25, 0.3) is 0 Å². The average molecular weight is 321 g/mol. The van der Waals surface area contributed by atoms with Crippen molar-refractivity contribution in [2.24, 2.45) is 0 Å². The first-order chi connectivity index (χ1) is 11.8. The highest BCUT2D eigenvalue weighted by molar-refractivity contribution is 5.51. The lowest BCUT2D eigenvalue weighted by Gasteiger charge is -2.44. The summed E-state index contributed by atoms with van der Waals surface area (Å²) in [5, 5.41) is 3.56. The molecule has 2 aliphatic heterocycles. The van der Waals surface area contributed by atoms with Crippen molar-refractivity contribution in [3.8, 4) is 0 Å². The normalized spacial score (nSPS) is 23.4. The molecule has 1 N–H and O–H groups in total. The third kappa shape index (κ3) is 2.72. The predicted octanol–water partition coefficient (Wildman–Crippen LogP) is 3.23. The van der Waals surface area contributed by atoms with Crippen LogP contribution in [0.15, 0.2) is 48.5 Å². The van der Waals surface area contributed by atoms with E-state index in [4.69, 9.17) is 0 Å². The second kappa shape index (κ2) is 6.58. The molecular weight excluding hydrogens is 294 g/mol. The summed E-state index contributed by atoms with van der Waals surface area (Å²) in [7, 11) is 2.17. The van der Waals surface area contributed by atoms with Crippen molar-refractivity contribution < 1.29 is 0 Å². The summed E-state index contributed by atoms with van der Waals surface area (Å²) in [5.41, 5.74) is 5.78. The van der Waals surface area contributed by atoms with E-state index >= 15 is 0 Å². The van der Waals surface area contributed by atoms with Gasteiger partial charge in [-0.3, -0.25) is 4.90 Å². The summed E-state index contributed by atoms with van der Waals surface area (Å²) in [4.78, 5) is 4.98. The van der Waals surface area contributed by atoms with Crippen molar-refractivity contribution in [1.82, 2.24) is 10.2 Å². The minimum Gasteiger partial charge on any atom is -0.375 e. The van der Waals surface area contributed by atoms with Gasteiger partial charge in [0.25, 0.3) is 0 Å². The lowest BCUT2D eigenvalue weighted by atomic mass is 9.80. The molecule has 0 aromatic heterocycles. The molecule has 4 rings (SSSR count). The van der Waals surface area contributed by atoms with Crippen LogP contribution in [0.3, 0.4) is 0 Å². The Hall–Kier alpha value is -1.84. The summed E-state index contributed by atoms with van der Waals surface area (Å²) in [6.07, 6.45) is 0. The molecule has 126 valence electrons. The van der Waals surface area contributed by atoms with Crippen molar-refractivity contribution in [1.29, 1.82) is 0 Å². The summed E-state index contributed by atoms with van der Waals surface area (Å²) < 4.78 is 0. The molecule has 0 radical (unpaired) electrons. The van der Waals surface area contributed by atoms with Gasteiger partial charge in [0.05, 0.1) is 0 Å². The van der Waals surface area contributed by atoms with Crippen LogP contribution >= 0.6 is 0 Å². The standard InChI is InChI=1S/C21H27N3/c1-3-23(2)17-8-6-7-16(13-17)20-15-24-12-11-22-14-21(24)19-10-5-4-9-18(19)20/h4-10,13,20-22H,3,11-12,14-15H2,1-2H3. The monoisotopic (exact) mass is 321 g/mol. The Kier molecular flexibility index (Phi) is 4.30. The van der Waals surface area contributed by atoms with Crippen molar-refractivity contribution in [3.63, 3.8) is 0 Å². The predicted molar refractivity (Wildman–Crippen MR) is 101 cm³/mol. The molecule has 2 atom stereocenters. The molecule has 2 unspecified atom stereocenters. The summed E-state index contributed by atoms with van der Waals surface area (Å²) >= 11 is 0. The third-order valence-corrected chi connectivity index (χ3v) is 5.69. The van der Waals surface area contributed by atoms with Crippen LogP contribution < -0.4 is 10.2 Å². The highest BCUT2D eigenvalue weighted by Crippen LogP contribution is 2.40. The molecule has 2 aromatic carbocycles. The Balaban J connectivity index is 1.75. The van der Waals surface area contributed by atoms with E-state index in [-0.39, 0.29) is 0 Å². The Labute approximate surface area is 145 Å². The molecule has 2 heterocycles. The first-order valence-electron chi connectivity index (χ1n) is 9.12. The first-order valence-corrected chi connectivity index (χ1v) is 9.12. The number of nitrogens with zero attached hydrogens (tertiary/aromatic N) is 2. The number of fused-ring (bicyclic) bond motifs is 3. The quantitative estimate of drug-likeness (QED) is 0.936. The lowest BCUT2D eigenvalue weighted by Crippen LogP contribution is -2.50. The molecule has 1 fully saturated rings. The van der Waals surface area contributed by atoms with Gasteiger partial charge in [0.2, 0.25) is 0 Å². The Morgan fingerprint density at radius 3 is 2.79 bits per heavy atom. The van der Waals surface area contributed by atoms with Crippen LogP contribution in [0.4, 0.5) is 5.69 Å². The van der Waals surface area contributed by atoms with Crippen LogP contribution in [0.1, 0.15) is 35.6 Å². The summed E-state index contributed by atoms with van der Waals surface area (Å²) in [6.45, 7) is 7.68. The van der Waals surface area contributed by atoms with Gasteiger partial charge in [0.1, 0.15) is 0 Å². The fourth-order valence-corrected chi connectivity index (χ4v) is 4.18. The van der Waals surface area contributed by atoms with Crippen LogP contribution in [-0.2, 0) is 0 Å². The number of anilines is 1. The number of hydrogen-bond donors (Lipinski definition) is 1. The second-order valence-electron chi connectivity index (χ2n) is 7.01. The van der Waals surface area contributed by atoms with Crippen molar-refractivity contribution >= 4 is 5.69 Å². The van der Waals surface area contributed by atoms with E-state index in [2.05, 4.69) is 77.6 Å². The molecule has 0 spiro atoms. The minimum absolute atomic E-state index is 0.473. The highest BCUT2D eigenvalue weighted by atomic mass is 15.2. The molecular formula is C21H27N3. The molecule has 3 nitrogen and oxygen atoms in total. The van der Waals surface area contributed by atoms with Gasteiger partial charge in [0, 0.05) is 57.4 Å². The van der Waals surface area contributed by atoms with E-state index in [1.807, 2.05) is 0 Å². The topological polar surface area (TPSA) is 18.5 Å². The van der Waals surface area contributed by atoms with Crippen molar-refractivity contribution in [2.75, 3.05) is 44.7 Å². The fraction of sp³-hybridized carbons (Fsp3) is 0.429. The molecule has 2 aliphatic rings. The van der Waals surface area contributed by atoms with Crippen LogP contribution in [0.5, 0.6) is 0 Å². The van der Waals surface area contributed by atoms with Gasteiger partial charge in [0.15, 0.2) is 0 Å². The molecule has 0 amide bonds. The van der Waals surface area contributed by atoms with E-state index in [1.165, 1.54) is 22.4 Å². The third-order valence-electron chi connectivity index (χ3n) is 5.69. The van der Waals surface area contributed by atoms with Crippen LogP contribution in [0.2, 0.25) is 0 Å². The molecule has 0 bridgehead atoms. The molecule has 0 aliphatic carbocycles. The second-order valence-corrected chi connectivity index (χ2v) is 7.01. The minimum atomic E-state index is 0.473. The zero-order valence-electron chi connectivity index (χ0n) is 14.7. The van der Waals surface area contributed by atoms with E-state index in [1.54, 1.807) is 0 Å². The molecule has 0 saturated carbocycles. The average Bonchev–Trinajstić information content (AvgIpc) is 2.67. The van der Waals surface area contributed by atoms with Gasteiger partial charge in [-0.2, -0.15) is 0 Å². The summed E-state index contributed by atoms with van der Waals surface area (Å²) in [6, 6.07) is 18.7. The van der Waals surface area contributed by atoms with Gasteiger partial charge in [-0.1, -0.05) is 36.4 Å². The number of piperazine rings is 1. The molecule has 3 heteroatoms. The van der Waals surface area contributed by atoms with Gasteiger partial charge < -0.3 is 10.2 Å². The van der Waals surface area contributed by atoms with E-state index in [0.717, 1.165) is 32.7 Å². The molecule has 1 saturated heterocycles. The van der Waals surface area contributed by atoms with E-state index in [0.29, 0.717) is 12.0 Å². The van der Waals surface area contributed by atoms with E-state index < -0.39 is 0 Å². The molecule has 24 heavy (non-hydrogen) atoms. The van der Waals surface area contributed by atoms with Crippen LogP contribution in [-0.4, -0.2) is 44.7 Å². The van der Waals surface area contributed by atoms with Gasteiger partial charge >= 0.3 is 0 Å². The fourth-order valence-electron chi connectivity index (χ4n) is 4.18. The maximum Gasteiger partial charge on any atom is 0.0476 e. The highest BCUT2D eigenvalue weighted by Gasteiger charge is 2.34. The van der Waals surface area contributed by atoms with Gasteiger partial charge in [-0.15, -0.1) is 0 Å². The number of hydrogen-bond acceptors (Lipinski definition) is 3. The SMILES string of the molecule is CCN(C)c1cccc(C2CN3CCNCC3c3ccccc32)c1. The van der Waals surface area contributed by atoms with Gasteiger partial charge in [-0.25, -0.2) is 0 Å². The zero-order chi connectivity index (χ0) is 16.5. The largest absolute Gasteiger partial charge is 0.375 e. The van der Waals surface area contributed by atoms with Crippen LogP contribution in [0, 0.1) is 0 Å². The summed E-state index contributed by atoms with van der Waals surface area (Å²) in [5.74, 6) is 0.473. The van der Waals surface area contributed by atoms with Crippen molar-refractivity contribution in [3.05, 3.63) is 65.2 Å². The number of rotatable bonds is 3. The smallest absolute Gasteiger partial charge is 0.0476 e. The maximum atomic E-state index is 3.56. The number of nitrogens with one attached hydrogen (secondary N) is 1. The zero-order valence-corrected chi connectivity index (χ0v) is 14.7. The Bertz CT molecular complexity index is 712. The lowest BCUT2D eigenvalue weighted by molar-refractivity contribution is 0.143.